The van der Waals surface area contributed by atoms with Crippen molar-refractivity contribution in [2.75, 3.05) is 46.4 Å². The maximum atomic E-state index is 11.8. The van der Waals surface area contributed by atoms with E-state index in [1.54, 1.807) is 7.11 Å². The summed E-state index contributed by atoms with van der Waals surface area (Å²) >= 11 is 0. The number of carbonyl (C=O) groups excluding carboxylic acids is 1. The monoisotopic (exact) mass is 333 g/mol. The Bertz CT molecular complexity index is 470. The molecule has 0 aromatic heterocycles. The van der Waals surface area contributed by atoms with E-state index in [4.69, 9.17) is 4.74 Å². The summed E-state index contributed by atoms with van der Waals surface area (Å²) in [4.78, 5) is 14.2. The lowest BCUT2D eigenvalue weighted by Gasteiger charge is -2.27. The topological polar surface area (TPSA) is 53.6 Å². The van der Waals surface area contributed by atoms with E-state index in [0.29, 0.717) is 6.42 Å². The highest BCUT2D eigenvalue weighted by Crippen LogP contribution is 2.13. The predicted octanol–water partition coefficient (Wildman–Crippen LogP) is 1.82. The molecule has 5 nitrogen and oxygen atoms in total. The highest BCUT2D eigenvalue weighted by molar-refractivity contribution is 5.75. The predicted molar refractivity (Wildman–Crippen MR) is 97.5 cm³/mol. The smallest absolute Gasteiger partial charge is 0.220 e. The maximum absolute atomic E-state index is 11.8. The van der Waals surface area contributed by atoms with Crippen molar-refractivity contribution in [3.05, 3.63) is 29.8 Å². The zero-order valence-corrected chi connectivity index (χ0v) is 14.9. The summed E-state index contributed by atoms with van der Waals surface area (Å²) in [6.45, 7) is 6.02. The van der Waals surface area contributed by atoms with Crippen LogP contribution < -0.4 is 15.4 Å². The lowest BCUT2D eigenvalue weighted by atomic mass is 10.1. The van der Waals surface area contributed by atoms with Crippen LogP contribution in [0, 0.1) is 0 Å². The number of nitrogens with zero attached hydrogens (tertiary/aromatic N) is 1. The van der Waals surface area contributed by atoms with E-state index in [-0.39, 0.29) is 5.91 Å². The second kappa shape index (κ2) is 11.0. The number of nitrogens with one attached hydrogen (secondary N) is 2. The molecule has 1 aromatic carbocycles. The van der Waals surface area contributed by atoms with Crippen molar-refractivity contribution in [2.24, 2.45) is 0 Å². The Balaban J connectivity index is 1.46. The van der Waals surface area contributed by atoms with Crippen molar-refractivity contribution in [3.63, 3.8) is 0 Å². The van der Waals surface area contributed by atoms with Crippen LogP contribution in [0.3, 0.4) is 0 Å². The second-order valence-corrected chi connectivity index (χ2v) is 6.35. The Morgan fingerprint density at radius 3 is 2.62 bits per heavy atom. The molecule has 0 atom stereocenters. The van der Waals surface area contributed by atoms with E-state index in [0.717, 1.165) is 70.7 Å². The number of piperazine rings is 1. The molecule has 0 unspecified atom stereocenters. The van der Waals surface area contributed by atoms with E-state index < -0.39 is 0 Å². The maximum Gasteiger partial charge on any atom is 0.220 e. The molecule has 0 spiro atoms. The molecule has 0 radical (unpaired) electrons. The normalized spacial score (nSPS) is 15.2. The van der Waals surface area contributed by atoms with E-state index >= 15 is 0 Å². The molecule has 1 fully saturated rings. The van der Waals surface area contributed by atoms with Gasteiger partial charge in [-0.25, -0.2) is 0 Å². The van der Waals surface area contributed by atoms with Gasteiger partial charge in [0.25, 0.3) is 0 Å². The minimum absolute atomic E-state index is 0.189. The number of hydrogen-bond acceptors (Lipinski definition) is 4. The van der Waals surface area contributed by atoms with Gasteiger partial charge >= 0.3 is 0 Å². The van der Waals surface area contributed by atoms with Gasteiger partial charge in [0.2, 0.25) is 5.91 Å². The molecule has 1 aliphatic heterocycles. The zero-order chi connectivity index (χ0) is 17.0. The number of amides is 1. The van der Waals surface area contributed by atoms with Crippen molar-refractivity contribution < 1.29 is 9.53 Å². The van der Waals surface area contributed by atoms with Gasteiger partial charge in [-0.3, -0.25) is 9.69 Å². The van der Waals surface area contributed by atoms with Gasteiger partial charge in [0.15, 0.2) is 0 Å². The zero-order valence-electron chi connectivity index (χ0n) is 14.9. The van der Waals surface area contributed by atoms with Crippen LogP contribution in [0.15, 0.2) is 24.3 Å². The molecule has 1 aromatic rings. The molecule has 1 aliphatic rings. The van der Waals surface area contributed by atoms with E-state index in [2.05, 4.69) is 27.7 Å². The van der Waals surface area contributed by atoms with Crippen molar-refractivity contribution in [3.8, 4) is 5.75 Å². The first-order valence-corrected chi connectivity index (χ1v) is 9.10. The summed E-state index contributed by atoms with van der Waals surface area (Å²) in [5.74, 6) is 1.09. The van der Waals surface area contributed by atoms with Gasteiger partial charge in [-0.1, -0.05) is 18.6 Å². The molecule has 1 heterocycles. The SMILES string of the molecule is COc1ccc(CCCCCC(=O)NCCN2CCNCC2)cc1. The van der Waals surface area contributed by atoms with Crippen molar-refractivity contribution in [1.29, 1.82) is 0 Å². The van der Waals surface area contributed by atoms with Crippen molar-refractivity contribution in [2.45, 2.75) is 32.1 Å². The van der Waals surface area contributed by atoms with Gasteiger partial charge in [0.1, 0.15) is 5.75 Å². The van der Waals surface area contributed by atoms with E-state index in [1.165, 1.54) is 5.56 Å². The molecule has 24 heavy (non-hydrogen) atoms. The van der Waals surface area contributed by atoms with Crippen LogP contribution in [0.5, 0.6) is 5.75 Å². The first-order chi connectivity index (χ1) is 11.8. The van der Waals surface area contributed by atoms with Crippen LogP contribution in [0.1, 0.15) is 31.2 Å². The summed E-state index contributed by atoms with van der Waals surface area (Å²) in [6.07, 6.45) is 4.89. The lowest BCUT2D eigenvalue weighted by Crippen LogP contribution is -2.46. The Kier molecular flexibility index (Phi) is 8.63. The van der Waals surface area contributed by atoms with Crippen LogP contribution in [0.4, 0.5) is 0 Å². The van der Waals surface area contributed by atoms with Crippen LogP contribution in [-0.2, 0) is 11.2 Å². The largest absolute Gasteiger partial charge is 0.497 e. The number of aryl methyl sites for hydroxylation is 1. The number of carbonyl (C=O) groups is 1. The Hall–Kier alpha value is -1.59. The van der Waals surface area contributed by atoms with Gasteiger partial charge in [0, 0.05) is 45.7 Å². The third-order valence-corrected chi connectivity index (χ3v) is 4.49. The average molecular weight is 333 g/mol. The Morgan fingerprint density at radius 1 is 1.17 bits per heavy atom. The fraction of sp³-hybridized carbons (Fsp3) is 0.632. The summed E-state index contributed by atoms with van der Waals surface area (Å²) in [6, 6.07) is 8.23. The molecule has 2 rings (SSSR count). The highest BCUT2D eigenvalue weighted by atomic mass is 16.5. The third kappa shape index (κ3) is 7.32. The summed E-state index contributed by atoms with van der Waals surface area (Å²) in [5, 5.41) is 6.37. The van der Waals surface area contributed by atoms with Gasteiger partial charge in [0.05, 0.1) is 7.11 Å². The van der Waals surface area contributed by atoms with Gasteiger partial charge in [-0.15, -0.1) is 0 Å². The van der Waals surface area contributed by atoms with E-state index in [1.807, 2.05) is 12.1 Å². The molecule has 1 amide bonds. The molecule has 0 saturated carbocycles. The molecular formula is C19H31N3O2. The molecule has 1 saturated heterocycles. The number of methoxy groups -OCH3 is 1. The number of benzene rings is 1. The number of hydrogen-bond donors (Lipinski definition) is 2. The third-order valence-electron chi connectivity index (χ3n) is 4.49. The molecule has 2 N–H and O–H groups in total. The summed E-state index contributed by atoms with van der Waals surface area (Å²) < 4.78 is 5.16. The molecule has 134 valence electrons. The average Bonchev–Trinajstić information content (AvgIpc) is 2.63. The Labute approximate surface area is 145 Å². The second-order valence-electron chi connectivity index (χ2n) is 6.35. The van der Waals surface area contributed by atoms with Gasteiger partial charge < -0.3 is 15.4 Å². The minimum atomic E-state index is 0.189. The van der Waals surface area contributed by atoms with Crippen LogP contribution in [0.2, 0.25) is 0 Å². The molecular weight excluding hydrogens is 302 g/mol. The lowest BCUT2D eigenvalue weighted by molar-refractivity contribution is -0.121. The van der Waals surface area contributed by atoms with Gasteiger partial charge in [-0.05, 0) is 37.0 Å². The molecule has 5 heteroatoms. The Morgan fingerprint density at radius 2 is 1.92 bits per heavy atom. The van der Waals surface area contributed by atoms with Crippen LogP contribution in [-0.4, -0.2) is 57.2 Å². The quantitative estimate of drug-likeness (QED) is 0.641. The van der Waals surface area contributed by atoms with Crippen molar-refractivity contribution >= 4 is 5.91 Å². The first kappa shape index (κ1) is 18.7. The van der Waals surface area contributed by atoms with E-state index in [9.17, 15) is 4.79 Å². The number of unbranched alkanes of at least 4 members (excludes halogenated alkanes) is 2. The fourth-order valence-electron chi connectivity index (χ4n) is 2.96. The van der Waals surface area contributed by atoms with Crippen LogP contribution >= 0.6 is 0 Å². The highest BCUT2D eigenvalue weighted by Gasteiger charge is 2.09. The summed E-state index contributed by atoms with van der Waals surface area (Å²) in [5.41, 5.74) is 1.33. The minimum Gasteiger partial charge on any atom is -0.497 e. The summed E-state index contributed by atoms with van der Waals surface area (Å²) in [7, 11) is 1.68. The standard InChI is InChI=1S/C19H31N3O2/c1-24-18-9-7-17(8-10-18)5-3-2-4-6-19(23)21-13-16-22-14-11-20-12-15-22/h7-10,20H,2-6,11-16H2,1H3,(H,21,23). The van der Waals surface area contributed by atoms with Crippen molar-refractivity contribution in [1.82, 2.24) is 15.5 Å². The fourth-order valence-corrected chi connectivity index (χ4v) is 2.96. The number of rotatable bonds is 10. The molecule has 0 bridgehead atoms. The van der Waals surface area contributed by atoms with Gasteiger partial charge in [-0.2, -0.15) is 0 Å². The molecule has 0 aliphatic carbocycles. The first-order valence-electron chi connectivity index (χ1n) is 9.10. The van der Waals surface area contributed by atoms with Crippen LogP contribution in [0.25, 0.3) is 0 Å². The number of ether oxygens (including phenoxy) is 1.